The number of thioether (sulfide) groups is 2. The second-order valence-electron chi connectivity index (χ2n) is 5.69. The summed E-state index contributed by atoms with van der Waals surface area (Å²) in [6, 6.07) is 8.13. The van der Waals surface area contributed by atoms with E-state index in [1.807, 2.05) is 43.3 Å². The highest BCUT2D eigenvalue weighted by Gasteiger charge is 2.13. The van der Waals surface area contributed by atoms with Crippen LogP contribution in [0.15, 0.2) is 32.9 Å². The van der Waals surface area contributed by atoms with Gasteiger partial charge in [-0.1, -0.05) is 47.0 Å². The van der Waals surface area contributed by atoms with Crippen molar-refractivity contribution in [1.29, 1.82) is 0 Å². The first-order chi connectivity index (χ1) is 12.3. The van der Waals surface area contributed by atoms with Crippen LogP contribution in [0.3, 0.4) is 0 Å². The molecular formula is C16H21N5O2S3. The van der Waals surface area contributed by atoms with E-state index in [9.17, 15) is 9.59 Å². The van der Waals surface area contributed by atoms with Gasteiger partial charge in [0.25, 0.3) is 0 Å². The van der Waals surface area contributed by atoms with Crippen LogP contribution in [0.4, 0.5) is 5.69 Å². The van der Waals surface area contributed by atoms with E-state index in [1.165, 1.54) is 34.9 Å². The second-order valence-corrected chi connectivity index (χ2v) is 9.11. The molecular weight excluding hydrogens is 390 g/mol. The fraction of sp³-hybridized carbons (Fsp3) is 0.375. The minimum Gasteiger partial charge on any atom is -0.378 e. The van der Waals surface area contributed by atoms with Crippen LogP contribution in [0.2, 0.25) is 0 Å². The summed E-state index contributed by atoms with van der Waals surface area (Å²) in [5.74, 6) is 0.0951. The summed E-state index contributed by atoms with van der Waals surface area (Å²) < 4.78 is 1.38. The number of nitrogens with two attached hydrogens (primary N) is 1. The Labute approximate surface area is 165 Å². The number of carbonyl (C=O) groups excluding carboxylic acids is 2. The molecule has 0 bridgehead atoms. The van der Waals surface area contributed by atoms with E-state index < -0.39 is 5.91 Å². The summed E-state index contributed by atoms with van der Waals surface area (Å²) in [5, 5.41) is 7.99. The molecule has 0 unspecified atom stereocenters. The number of amides is 2. The van der Waals surface area contributed by atoms with Gasteiger partial charge in [-0.2, -0.15) is 0 Å². The number of nitrogens with zero attached hydrogens (tertiary/aromatic N) is 4. The standard InChI is InChI=1S/C16H21N5O2S3/c1-20(2)12-6-4-11(5-7-12)8-21(3)14(23)10-25-16-19-18-15(26-16)24-9-13(17)22/h4-7H,8-10H2,1-3H3,(H2,17,22). The lowest BCUT2D eigenvalue weighted by Crippen LogP contribution is -2.27. The third-order valence-electron chi connectivity index (χ3n) is 3.34. The number of carbonyl (C=O) groups is 2. The fourth-order valence-corrected chi connectivity index (χ4v) is 4.64. The first-order valence-corrected chi connectivity index (χ1v) is 10.5. The Morgan fingerprint density at radius 2 is 1.62 bits per heavy atom. The molecule has 0 radical (unpaired) electrons. The van der Waals surface area contributed by atoms with E-state index >= 15 is 0 Å². The van der Waals surface area contributed by atoms with E-state index in [4.69, 9.17) is 5.73 Å². The summed E-state index contributed by atoms with van der Waals surface area (Å²) in [4.78, 5) is 26.8. The van der Waals surface area contributed by atoms with E-state index in [2.05, 4.69) is 10.2 Å². The first kappa shape index (κ1) is 20.5. The maximum Gasteiger partial charge on any atom is 0.233 e. The average molecular weight is 412 g/mol. The smallest absolute Gasteiger partial charge is 0.233 e. The van der Waals surface area contributed by atoms with Gasteiger partial charge in [0.1, 0.15) is 0 Å². The van der Waals surface area contributed by atoms with Crippen molar-refractivity contribution in [2.45, 2.75) is 15.2 Å². The Bertz CT molecular complexity index is 749. The average Bonchev–Trinajstić information content (AvgIpc) is 3.06. The summed E-state index contributed by atoms with van der Waals surface area (Å²) in [6.07, 6.45) is 0. The van der Waals surface area contributed by atoms with Gasteiger partial charge in [-0.25, -0.2) is 0 Å². The van der Waals surface area contributed by atoms with Gasteiger partial charge in [0.15, 0.2) is 8.68 Å². The van der Waals surface area contributed by atoms with Gasteiger partial charge >= 0.3 is 0 Å². The lowest BCUT2D eigenvalue weighted by molar-refractivity contribution is -0.127. The van der Waals surface area contributed by atoms with Crippen LogP contribution in [-0.4, -0.2) is 59.6 Å². The lowest BCUT2D eigenvalue weighted by Gasteiger charge is -2.18. The monoisotopic (exact) mass is 411 g/mol. The van der Waals surface area contributed by atoms with Crippen LogP contribution >= 0.6 is 34.9 Å². The van der Waals surface area contributed by atoms with Crippen molar-refractivity contribution in [2.24, 2.45) is 5.73 Å². The number of aromatic nitrogens is 2. The quantitative estimate of drug-likeness (QED) is 0.630. The molecule has 0 atom stereocenters. The Morgan fingerprint density at radius 3 is 2.15 bits per heavy atom. The van der Waals surface area contributed by atoms with Crippen LogP contribution in [0.5, 0.6) is 0 Å². The highest BCUT2D eigenvalue weighted by Crippen LogP contribution is 2.28. The molecule has 0 saturated carbocycles. The molecule has 0 aliphatic carbocycles. The van der Waals surface area contributed by atoms with Gasteiger partial charge in [-0.3, -0.25) is 9.59 Å². The van der Waals surface area contributed by atoms with Crippen molar-refractivity contribution < 1.29 is 9.59 Å². The Kier molecular flexibility index (Phi) is 7.73. The molecule has 10 heteroatoms. The van der Waals surface area contributed by atoms with Crippen LogP contribution < -0.4 is 10.6 Å². The molecule has 2 N–H and O–H groups in total. The molecule has 0 aliphatic rings. The minimum absolute atomic E-state index is 0.0215. The number of hydrogen-bond acceptors (Lipinski definition) is 8. The number of hydrogen-bond donors (Lipinski definition) is 1. The molecule has 2 aromatic rings. The van der Waals surface area contributed by atoms with Crippen LogP contribution in [-0.2, 0) is 16.1 Å². The normalized spacial score (nSPS) is 10.6. The maximum atomic E-state index is 12.3. The molecule has 2 amide bonds. The molecule has 1 aromatic heterocycles. The zero-order valence-corrected chi connectivity index (χ0v) is 17.3. The first-order valence-electron chi connectivity index (χ1n) is 7.73. The molecule has 26 heavy (non-hydrogen) atoms. The second kappa shape index (κ2) is 9.79. The molecule has 2 rings (SSSR count). The largest absolute Gasteiger partial charge is 0.378 e. The van der Waals surface area contributed by atoms with Gasteiger partial charge in [0, 0.05) is 33.4 Å². The van der Waals surface area contributed by atoms with Crippen LogP contribution in [0, 0.1) is 0 Å². The van der Waals surface area contributed by atoms with Gasteiger partial charge < -0.3 is 15.5 Å². The third kappa shape index (κ3) is 6.50. The van der Waals surface area contributed by atoms with Gasteiger partial charge in [-0.15, -0.1) is 10.2 Å². The van der Waals surface area contributed by atoms with Crippen molar-refractivity contribution in [1.82, 2.24) is 15.1 Å². The summed E-state index contributed by atoms with van der Waals surface area (Å²) >= 11 is 3.96. The van der Waals surface area contributed by atoms with Gasteiger partial charge in [0.2, 0.25) is 11.8 Å². The number of rotatable bonds is 9. The third-order valence-corrected chi connectivity index (χ3v) is 6.54. The van der Waals surface area contributed by atoms with Crippen molar-refractivity contribution in [2.75, 3.05) is 37.5 Å². The SMILES string of the molecule is CN(Cc1ccc(N(C)C)cc1)C(=O)CSc1nnc(SCC(N)=O)s1. The Hall–Kier alpha value is -1.78. The van der Waals surface area contributed by atoms with Crippen LogP contribution in [0.1, 0.15) is 5.56 Å². The summed E-state index contributed by atoms with van der Waals surface area (Å²) in [6.45, 7) is 0.558. The topological polar surface area (TPSA) is 92.4 Å². The van der Waals surface area contributed by atoms with Crippen molar-refractivity contribution in [3.05, 3.63) is 29.8 Å². The Balaban J connectivity index is 1.80. The molecule has 7 nitrogen and oxygen atoms in total. The minimum atomic E-state index is -0.394. The molecule has 0 fully saturated rings. The Morgan fingerprint density at radius 1 is 1.04 bits per heavy atom. The highest BCUT2D eigenvalue weighted by atomic mass is 32.2. The molecule has 0 spiro atoms. The van der Waals surface area contributed by atoms with E-state index in [0.29, 0.717) is 21.0 Å². The predicted octanol–water partition coefficient (Wildman–Crippen LogP) is 1.93. The number of benzene rings is 1. The maximum absolute atomic E-state index is 12.3. The molecule has 0 aliphatic heterocycles. The zero-order chi connectivity index (χ0) is 19.1. The predicted molar refractivity (Wildman–Crippen MR) is 108 cm³/mol. The van der Waals surface area contributed by atoms with E-state index in [1.54, 1.807) is 11.9 Å². The van der Waals surface area contributed by atoms with Gasteiger partial charge in [0.05, 0.1) is 11.5 Å². The summed E-state index contributed by atoms with van der Waals surface area (Å²) in [7, 11) is 5.78. The zero-order valence-electron chi connectivity index (χ0n) is 14.8. The lowest BCUT2D eigenvalue weighted by atomic mass is 10.2. The molecule has 140 valence electrons. The molecule has 1 aromatic carbocycles. The van der Waals surface area contributed by atoms with Crippen molar-refractivity contribution >= 4 is 52.4 Å². The van der Waals surface area contributed by atoms with Crippen LogP contribution in [0.25, 0.3) is 0 Å². The van der Waals surface area contributed by atoms with Crippen molar-refractivity contribution in [3.63, 3.8) is 0 Å². The number of anilines is 1. The van der Waals surface area contributed by atoms with Crippen molar-refractivity contribution in [3.8, 4) is 0 Å². The van der Waals surface area contributed by atoms with E-state index in [-0.39, 0.29) is 11.7 Å². The van der Waals surface area contributed by atoms with Gasteiger partial charge in [-0.05, 0) is 17.7 Å². The molecule has 1 heterocycles. The van der Waals surface area contributed by atoms with E-state index in [0.717, 1.165) is 11.3 Å². The summed E-state index contributed by atoms with van der Waals surface area (Å²) in [5.41, 5.74) is 7.31. The highest BCUT2D eigenvalue weighted by molar-refractivity contribution is 8.03. The molecule has 0 saturated heterocycles. The number of primary amides is 1. The fourth-order valence-electron chi connectivity index (χ4n) is 1.94.